The Kier molecular flexibility index (Phi) is 2.82. The van der Waals surface area contributed by atoms with Crippen molar-refractivity contribution < 1.29 is 4.79 Å². The maximum absolute atomic E-state index is 10.6. The van der Waals surface area contributed by atoms with Crippen LogP contribution in [0.25, 0.3) is 11.1 Å². The van der Waals surface area contributed by atoms with Gasteiger partial charge in [0.05, 0.1) is 0 Å². The SMILES string of the molecule is Cc1ccc(-c2ccc(C=O)cc2C)cn1. The first-order valence-electron chi connectivity index (χ1n) is 5.19. The maximum Gasteiger partial charge on any atom is 0.150 e. The van der Waals surface area contributed by atoms with Gasteiger partial charge < -0.3 is 0 Å². The average Bonchev–Trinajstić information content (AvgIpc) is 2.30. The molecule has 0 atom stereocenters. The average molecular weight is 211 g/mol. The van der Waals surface area contributed by atoms with Gasteiger partial charge in [-0.1, -0.05) is 18.2 Å². The highest BCUT2D eigenvalue weighted by molar-refractivity contribution is 5.78. The number of hydrogen-bond acceptors (Lipinski definition) is 2. The number of hydrogen-bond donors (Lipinski definition) is 0. The number of nitrogens with zero attached hydrogens (tertiary/aromatic N) is 1. The second kappa shape index (κ2) is 4.27. The van der Waals surface area contributed by atoms with Crippen LogP contribution < -0.4 is 0 Å². The third-order valence-corrected chi connectivity index (χ3v) is 2.61. The first-order chi connectivity index (χ1) is 7.70. The standard InChI is InChI=1S/C14H13NO/c1-10-7-12(9-16)4-6-14(10)13-5-3-11(2)15-8-13/h3-9H,1-2H3. The zero-order valence-corrected chi connectivity index (χ0v) is 9.40. The lowest BCUT2D eigenvalue weighted by molar-refractivity contribution is 0.112. The van der Waals surface area contributed by atoms with Gasteiger partial charge in [-0.25, -0.2) is 0 Å². The number of carbonyl (C=O) groups is 1. The normalized spacial score (nSPS) is 10.1. The van der Waals surface area contributed by atoms with Crippen molar-refractivity contribution in [3.8, 4) is 11.1 Å². The summed E-state index contributed by atoms with van der Waals surface area (Å²) in [4.78, 5) is 14.9. The van der Waals surface area contributed by atoms with Crippen molar-refractivity contribution in [2.45, 2.75) is 13.8 Å². The topological polar surface area (TPSA) is 30.0 Å². The summed E-state index contributed by atoms with van der Waals surface area (Å²) in [5.41, 5.74) is 5.01. The van der Waals surface area contributed by atoms with Crippen LogP contribution in [0.3, 0.4) is 0 Å². The van der Waals surface area contributed by atoms with E-state index in [0.29, 0.717) is 5.56 Å². The van der Waals surface area contributed by atoms with Crippen LogP contribution in [0.5, 0.6) is 0 Å². The van der Waals surface area contributed by atoms with Gasteiger partial charge in [-0.05, 0) is 37.1 Å². The summed E-state index contributed by atoms with van der Waals surface area (Å²) in [6.07, 6.45) is 2.72. The van der Waals surface area contributed by atoms with Crippen molar-refractivity contribution in [3.63, 3.8) is 0 Å². The molecule has 0 amide bonds. The zero-order valence-electron chi connectivity index (χ0n) is 9.40. The van der Waals surface area contributed by atoms with Crippen LogP contribution in [0.2, 0.25) is 0 Å². The second-order valence-corrected chi connectivity index (χ2v) is 3.88. The highest BCUT2D eigenvalue weighted by Crippen LogP contribution is 2.23. The number of aryl methyl sites for hydroxylation is 2. The molecular weight excluding hydrogens is 198 g/mol. The van der Waals surface area contributed by atoms with Crippen LogP contribution >= 0.6 is 0 Å². The largest absolute Gasteiger partial charge is 0.298 e. The quantitative estimate of drug-likeness (QED) is 0.714. The van der Waals surface area contributed by atoms with E-state index in [1.54, 1.807) is 0 Å². The molecule has 1 aromatic carbocycles. The second-order valence-electron chi connectivity index (χ2n) is 3.88. The fourth-order valence-corrected chi connectivity index (χ4v) is 1.71. The molecule has 2 rings (SSSR count). The van der Waals surface area contributed by atoms with E-state index < -0.39 is 0 Å². The summed E-state index contributed by atoms with van der Waals surface area (Å²) in [5.74, 6) is 0. The lowest BCUT2D eigenvalue weighted by Gasteiger charge is -2.06. The summed E-state index contributed by atoms with van der Waals surface area (Å²) >= 11 is 0. The predicted molar refractivity (Wildman–Crippen MR) is 64.5 cm³/mol. The molecule has 0 aliphatic rings. The van der Waals surface area contributed by atoms with Gasteiger partial charge in [0.1, 0.15) is 6.29 Å². The zero-order chi connectivity index (χ0) is 11.5. The van der Waals surface area contributed by atoms with E-state index in [1.165, 1.54) is 0 Å². The van der Waals surface area contributed by atoms with Gasteiger partial charge in [0.25, 0.3) is 0 Å². The molecule has 2 heteroatoms. The molecule has 16 heavy (non-hydrogen) atoms. The molecule has 0 saturated carbocycles. The van der Waals surface area contributed by atoms with Crippen LogP contribution in [-0.2, 0) is 0 Å². The maximum atomic E-state index is 10.6. The molecule has 0 N–H and O–H groups in total. The highest BCUT2D eigenvalue weighted by atomic mass is 16.1. The molecule has 1 aromatic heterocycles. The summed E-state index contributed by atoms with van der Waals surface area (Å²) in [5, 5.41) is 0. The lowest BCUT2D eigenvalue weighted by Crippen LogP contribution is -1.88. The smallest absolute Gasteiger partial charge is 0.150 e. The Morgan fingerprint density at radius 3 is 2.50 bits per heavy atom. The van der Waals surface area contributed by atoms with Crippen molar-refractivity contribution in [1.82, 2.24) is 4.98 Å². The van der Waals surface area contributed by atoms with E-state index in [2.05, 4.69) is 4.98 Å². The predicted octanol–water partition coefficient (Wildman–Crippen LogP) is 3.18. The van der Waals surface area contributed by atoms with Gasteiger partial charge >= 0.3 is 0 Å². The molecule has 0 fully saturated rings. The van der Waals surface area contributed by atoms with E-state index in [4.69, 9.17) is 0 Å². The Labute approximate surface area is 95.0 Å². The van der Waals surface area contributed by atoms with Crippen LogP contribution in [0.4, 0.5) is 0 Å². The Hall–Kier alpha value is -1.96. The van der Waals surface area contributed by atoms with Gasteiger partial charge in [0.15, 0.2) is 0 Å². The molecule has 2 aromatic rings. The lowest BCUT2D eigenvalue weighted by atomic mass is 10.00. The van der Waals surface area contributed by atoms with Crippen molar-refractivity contribution in [1.29, 1.82) is 0 Å². The third-order valence-electron chi connectivity index (χ3n) is 2.61. The van der Waals surface area contributed by atoms with Gasteiger partial charge in [-0.3, -0.25) is 9.78 Å². The number of aldehydes is 1. The Bertz CT molecular complexity index is 515. The summed E-state index contributed by atoms with van der Waals surface area (Å²) in [6, 6.07) is 9.72. The van der Waals surface area contributed by atoms with Crippen molar-refractivity contribution in [3.05, 3.63) is 53.3 Å². The van der Waals surface area contributed by atoms with Gasteiger partial charge in [-0.15, -0.1) is 0 Å². The van der Waals surface area contributed by atoms with Crippen molar-refractivity contribution in [2.24, 2.45) is 0 Å². The summed E-state index contributed by atoms with van der Waals surface area (Å²) < 4.78 is 0. The first-order valence-corrected chi connectivity index (χ1v) is 5.19. The van der Waals surface area contributed by atoms with E-state index >= 15 is 0 Å². The minimum absolute atomic E-state index is 0.710. The van der Waals surface area contributed by atoms with E-state index in [-0.39, 0.29) is 0 Å². The van der Waals surface area contributed by atoms with E-state index in [1.807, 2.05) is 50.4 Å². The van der Waals surface area contributed by atoms with Crippen molar-refractivity contribution >= 4 is 6.29 Å². The number of rotatable bonds is 2. The van der Waals surface area contributed by atoms with Gasteiger partial charge in [-0.2, -0.15) is 0 Å². The fraction of sp³-hybridized carbons (Fsp3) is 0.143. The Morgan fingerprint density at radius 1 is 1.12 bits per heavy atom. The number of carbonyl (C=O) groups excluding carboxylic acids is 1. The number of aromatic nitrogens is 1. The summed E-state index contributed by atoms with van der Waals surface area (Å²) in [6.45, 7) is 3.97. The number of benzene rings is 1. The molecular formula is C14H13NO. The monoisotopic (exact) mass is 211 g/mol. The third kappa shape index (κ3) is 2.01. The molecule has 0 saturated heterocycles. The van der Waals surface area contributed by atoms with Crippen LogP contribution in [0, 0.1) is 13.8 Å². The molecule has 80 valence electrons. The molecule has 2 nitrogen and oxygen atoms in total. The molecule has 0 radical (unpaired) electrons. The molecule has 0 aliphatic heterocycles. The Balaban J connectivity index is 2.48. The van der Waals surface area contributed by atoms with Gasteiger partial charge in [0, 0.05) is 23.0 Å². The minimum Gasteiger partial charge on any atom is -0.298 e. The fourth-order valence-electron chi connectivity index (χ4n) is 1.71. The van der Waals surface area contributed by atoms with Crippen LogP contribution in [0.15, 0.2) is 36.5 Å². The molecule has 0 unspecified atom stereocenters. The minimum atomic E-state index is 0.710. The van der Waals surface area contributed by atoms with E-state index in [9.17, 15) is 4.79 Å². The van der Waals surface area contributed by atoms with Crippen molar-refractivity contribution in [2.75, 3.05) is 0 Å². The Morgan fingerprint density at radius 2 is 1.94 bits per heavy atom. The van der Waals surface area contributed by atoms with Crippen LogP contribution in [-0.4, -0.2) is 11.3 Å². The highest BCUT2D eigenvalue weighted by Gasteiger charge is 2.02. The van der Waals surface area contributed by atoms with E-state index in [0.717, 1.165) is 28.7 Å². The summed E-state index contributed by atoms with van der Waals surface area (Å²) in [7, 11) is 0. The first kappa shape index (κ1) is 10.6. The molecule has 0 spiro atoms. The van der Waals surface area contributed by atoms with Gasteiger partial charge in [0.2, 0.25) is 0 Å². The van der Waals surface area contributed by atoms with Crippen LogP contribution in [0.1, 0.15) is 21.6 Å². The molecule has 1 heterocycles. The molecule has 0 bridgehead atoms. The molecule has 0 aliphatic carbocycles. The number of pyridine rings is 1.